The summed E-state index contributed by atoms with van der Waals surface area (Å²) >= 11 is 11.9. The molecule has 0 bridgehead atoms. The summed E-state index contributed by atoms with van der Waals surface area (Å²) in [6.45, 7) is 1.33. The minimum absolute atomic E-state index is 0.0998. The van der Waals surface area contributed by atoms with E-state index in [2.05, 4.69) is 15.0 Å². The monoisotopic (exact) mass is 374 g/mol. The molecule has 3 aromatic rings. The van der Waals surface area contributed by atoms with E-state index in [9.17, 15) is 4.79 Å². The minimum atomic E-state index is -0.0998. The van der Waals surface area contributed by atoms with E-state index in [4.69, 9.17) is 23.2 Å². The molecule has 1 saturated heterocycles. The van der Waals surface area contributed by atoms with Gasteiger partial charge >= 0.3 is 0 Å². The molecule has 0 radical (unpaired) electrons. The van der Waals surface area contributed by atoms with E-state index in [0.29, 0.717) is 24.6 Å². The lowest BCUT2D eigenvalue weighted by Gasteiger charge is -2.31. The highest BCUT2D eigenvalue weighted by atomic mass is 35.5. The molecule has 1 fully saturated rings. The van der Waals surface area contributed by atoms with E-state index in [1.165, 1.54) is 0 Å². The maximum atomic E-state index is 12.7. The molecule has 3 heterocycles. The molecule has 0 atom stereocenters. The molecule has 0 spiro atoms. The van der Waals surface area contributed by atoms with E-state index in [1.807, 2.05) is 29.2 Å². The van der Waals surface area contributed by atoms with Crippen molar-refractivity contribution in [1.29, 1.82) is 0 Å². The molecule has 0 saturated carbocycles. The van der Waals surface area contributed by atoms with Crippen molar-refractivity contribution in [3.63, 3.8) is 0 Å². The Labute approximate surface area is 155 Å². The second kappa shape index (κ2) is 6.65. The van der Waals surface area contributed by atoms with Crippen LogP contribution in [0.3, 0.4) is 0 Å². The van der Waals surface area contributed by atoms with E-state index in [0.717, 1.165) is 29.7 Å². The number of para-hydroxylation sites is 2. The maximum absolute atomic E-state index is 12.7. The first kappa shape index (κ1) is 16.4. The number of rotatable bonds is 2. The fourth-order valence-electron chi connectivity index (χ4n) is 3.26. The number of hydrogen-bond acceptors (Lipinski definition) is 3. The minimum Gasteiger partial charge on any atom is -0.342 e. The molecule has 1 amide bonds. The quantitative estimate of drug-likeness (QED) is 0.680. The largest absolute Gasteiger partial charge is 0.342 e. The molecule has 4 rings (SSSR count). The molecule has 5 nitrogen and oxygen atoms in total. The summed E-state index contributed by atoms with van der Waals surface area (Å²) in [5.41, 5.74) is 2.43. The van der Waals surface area contributed by atoms with Crippen molar-refractivity contribution >= 4 is 40.1 Å². The number of likely N-dealkylation sites (tertiary alicyclic amines) is 1. The van der Waals surface area contributed by atoms with Crippen LogP contribution in [-0.4, -0.2) is 38.8 Å². The van der Waals surface area contributed by atoms with Crippen molar-refractivity contribution in [3.05, 3.63) is 58.1 Å². The summed E-state index contributed by atoms with van der Waals surface area (Å²) < 4.78 is 0. The summed E-state index contributed by atoms with van der Waals surface area (Å²) in [6, 6.07) is 11.2. The Balaban J connectivity index is 1.46. The zero-order chi connectivity index (χ0) is 17.4. The molecule has 7 heteroatoms. The van der Waals surface area contributed by atoms with Crippen LogP contribution in [-0.2, 0) is 0 Å². The van der Waals surface area contributed by atoms with E-state index in [-0.39, 0.29) is 16.2 Å². The number of benzene rings is 1. The Kier molecular flexibility index (Phi) is 4.36. The number of fused-ring (bicyclic) bond motifs is 1. The van der Waals surface area contributed by atoms with E-state index < -0.39 is 0 Å². The zero-order valence-electron chi connectivity index (χ0n) is 13.4. The molecule has 0 aliphatic carbocycles. The predicted molar refractivity (Wildman–Crippen MR) is 98.2 cm³/mol. The van der Waals surface area contributed by atoms with Gasteiger partial charge in [0.15, 0.2) is 0 Å². The van der Waals surface area contributed by atoms with Gasteiger partial charge in [0.05, 0.1) is 16.6 Å². The number of aromatic nitrogens is 3. The first-order chi connectivity index (χ1) is 12.1. The van der Waals surface area contributed by atoms with Gasteiger partial charge in [0.1, 0.15) is 16.1 Å². The molecule has 1 N–H and O–H groups in total. The molecule has 2 aromatic heterocycles. The lowest BCUT2D eigenvalue weighted by atomic mass is 9.96. The van der Waals surface area contributed by atoms with Gasteiger partial charge in [0.2, 0.25) is 0 Å². The van der Waals surface area contributed by atoms with Gasteiger partial charge in [0, 0.05) is 19.0 Å². The van der Waals surface area contributed by atoms with Crippen molar-refractivity contribution in [2.75, 3.05) is 13.1 Å². The molecule has 0 unspecified atom stereocenters. The summed E-state index contributed by atoms with van der Waals surface area (Å²) in [7, 11) is 0. The van der Waals surface area contributed by atoms with Crippen molar-refractivity contribution in [1.82, 2.24) is 19.9 Å². The Bertz CT molecular complexity index is 899. The third-order valence-electron chi connectivity index (χ3n) is 4.62. The number of hydrogen-bond donors (Lipinski definition) is 1. The fraction of sp³-hybridized carbons (Fsp3) is 0.278. The molecule has 1 aliphatic heterocycles. The van der Waals surface area contributed by atoms with Gasteiger partial charge in [-0.3, -0.25) is 4.79 Å². The van der Waals surface area contributed by atoms with Crippen molar-refractivity contribution in [3.8, 4) is 0 Å². The lowest BCUT2D eigenvalue weighted by Crippen LogP contribution is -2.38. The number of halogens is 2. The van der Waals surface area contributed by atoms with Gasteiger partial charge in [-0.1, -0.05) is 35.3 Å². The highest BCUT2D eigenvalue weighted by Gasteiger charge is 2.27. The van der Waals surface area contributed by atoms with E-state index >= 15 is 0 Å². The molecular weight excluding hydrogens is 359 g/mol. The second-order valence-corrected chi connectivity index (χ2v) is 6.92. The number of pyridine rings is 1. The van der Waals surface area contributed by atoms with Crippen LogP contribution < -0.4 is 0 Å². The highest BCUT2D eigenvalue weighted by Crippen LogP contribution is 2.29. The topological polar surface area (TPSA) is 61.9 Å². The smallest absolute Gasteiger partial charge is 0.256 e. The van der Waals surface area contributed by atoms with Crippen LogP contribution in [0, 0.1) is 0 Å². The van der Waals surface area contributed by atoms with Crippen LogP contribution in [0.5, 0.6) is 0 Å². The number of aromatic amines is 1. The van der Waals surface area contributed by atoms with Crippen molar-refractivity contribution in [2.45, 2.75) is 18.8 Å². The molecule has 128 valence electrons. The number of carbonyl (C=O) groups is 1. The van der Waals surface area contributed by atoms with Crippen LogP contribution in [0.4, 0.5) is 0 Å². The van der Waals surface area contributed by atoms with Gasteiger partial charge in [0.25, 0.3) is 5.91 Å². The summed E-state index contributed by atoms with van der Waals surface area (Å²) in [6.07, 6.45) is 1.73. The number of H-pyrrole nitrogens is 1. The Morgan fingerprint density at radius 2 is 1.84 bits per heavy atom. The van der Waals surface area contributed by atoms with Crippen LogP contribution in [0.2, 0.25) is 10.3 Å². The molecule has 1 aliphatic rings. The molecular formula is C18H16Cl2N4O. The zero-order valence-corrected chi connectivity index (χ0v) is 14.9. The average molecular weight is 375 g/mol. The predicted octanol–water partition coefficient (Wildman–Crippen LogP) is 4.28. The van der Waals surface area contributed by atoms with Crippen LogP contribution in [0.15, 0.2) is 36.4 Å². The maximum Gasteiger partial charge on any atom is 0.256 e. The third kappa shape index (κ3) is 3.22. The van der Waals surface area contributed by atoms with Gasteiger partial charge < -0.3 is 9.88 Å². The average Bonchev–Trinajstić information content (AvgIpc) is 3.05. The second-order valence-electron chi connectivity index (χ2n) is 6.18. The van der Waals surface area contributed by atoms with E-state index in [1.54, 1.807) is 12.1 Å². The van der Waals surface area contributed by atoms with Gasteiger partial charge in [-0.15, -0.1) is 0 Å². The first-order valence-corrected chi connectivity index (χ1v) is 8.93. The number of amides is 1. The van der Waals surface area contributed by atoms with Crippen LogP contribution >= 0.6 is 23.2 Å². The summed E-state index contributed by atoms with van der Waals surface area (Å²) in [4.78, 5) is 26.5. The normalized spacial score (nSPS) is 15.7. The van der Waals surface area contributed by atoms with Crippen molar-refractivity contribution < 1.29 is 4.79 Å². The molecule has 25 heavy (non-hydrogen) atoms. The highest BCUT2D eigenvalue weighted by molar-refractivity contribution is 6.34. The Morgan fingerprint density at radius 1 is 1.08 bits per heavy atom. The fourth-order valence-corrected chi connectivity index (χ4v) is 3.69. The van der Waals surface area contributed by atoms with Gasteiger partial charge in [-0.2, -0.15) is 0 Å². The Morgan fingerprint density at radius 3 is 2.56 bits per heavy atom. The first-order valence-electron chi connectivity index (χ1n) is 8.18. The van der Waals surface area contributed by atoms with Gasteiger partial charge in [-0.05, 0) is 37.1 Å². The third-order valence-corrected chi connectivity index (χ3v) is 5.12. The van der Waals surface area contributed by atoms with Gasteiger partial charge in [-0.25, -0.2) is 9.97 Å². The van der Waals surface area contributed by atoms with Crippen LogP contribution in [0.25, 0.3) is 11.0 Å². The molecule has 1 aromatic carbocycles. The van der Waals surface area contributed by atoms with Crippen molar-refractivity contribution in [2.24, 2.45) is 0 Å². The standard InChI is InChI=1S/C18H16Cl2N4O/c19-15-6-5-12(16(20)23-15)18(25)24-9-7-11(8-10-24)17-21-13-3-1-2-4-14(13)22-17/h1-6,11H,7-10H2,(H,21,22). The Hall–Kier alpha value is -2.11. The summed E-state index contributed by atoms with van der Waals surface area (Å²) in [5, 5.41) is 0.432. The number of nitrogens with zero attached hydrogens (tertiary/aromatic N) is 3. The number of nitrogens with one attached hydrogen (secondary N) is 1. The van der Waals surface area contributed by atoms with Crippen LogP contribution in [0.1, 0.15) is 34.9 Å². The number of piperidine rings is 1. The number of imidazole rings is 1. The summed E-state index contributed by atoms with van der Waals surface area (Å²) in [5.74, 6) is 1.23. The SMILES string of the molecule is O=C(c1ccc(Cl)nc1Cl)N1CCC(c2nc3ccccc3[nH]2)CC1. The lowest BCUT2D eigenvalue weighted by molar-refractivity contribution is 0.0711. The number of carbonyl (C=O) groups excluding carboxylic acids is 1.